The van der Waals surface area contributed by atoms with Crippen LogP contribution in [0.2, 0.25) is 0 Å². The number of aromatic nitrogens is 4. The molecule has 1 atom stereocenters. The van der Waals surface area contributed by atoms with Crippen molar-refractivity contribution in [3.05, 3.63) is 70.0 Å². The summed E-state index contributed by atoms with van der Waals surface area (Å²) in [6.07, 6.45) is 1.79. The van der Waals surface area contributed by atoms with Crippen molar-refractivity contribution in [2.24, 2.45) is 4.99 Å². The van der Waals surface area contributed by atoms with E-state index in [0.29, 0.717) is 6.54 Å². The molecule has 132 valence electrons. The lowest BCUT2D eigenvalue weighted by Gasteiger charge is -2.16. The molecule has 6 nitrogen and oxygen atoms in total. The van der Waals surface area contributed by atoms with Crippen LogP contribution in [0.3, 0.4) is 0 Å². The molecule has 0 N–H and O–H groups in total. The van der Waals surface area contributed by atoms with Crippen molar-refractivity contribution in [2.75, 3.05) is 14.1 Å². The second-order valence-electron chi connectivity index (χ2n) is 6.55. The van der Waals surface area contributed by atoms with Crippen LogP contribution in [0.15, 0.2) is 52.1 Å². The first kappa shape index (κ1) is 17.1. The molecule has 0 saturated heterocycles. The molecule has 3 aromatic rings. The van der Waals surface area contributed by atoms with Crippen molar-refractivity contribution in [2.45, 2.75) is 19.5 Å². The van der Waals surface area contributed by atoms with Gasteiger partial charge >= 0.3 is 0 Å². The molecule has 26 heavy (non-hydrogen) atoms. The molecule has 0 fully saturated rings. The molecule has 3 heterocycles. The largest absolute Gasteiger partial charge is 0.302 e. The first-order valence-corrected chi connectivity index (χ1v) is 9.23. The second-order valence-corrected chi connectivity index (χ2v) is 7.41. The van der Waals surface area contributed by atoms with Gasteiger partial charge in [0.05, 0.1) is 23.6 Å². The van der Waals surface area contributed by atoms with E-state index in [9.17, 15) is 0 Å². The van der Waals surface area contributed by atoms with E-state index in [-0.39, 0.29) is 6.04 Å². The van der Waals surface area contributed by atoms with Gasteiger partial charge in [-0.2, -0.15) is 0 Å². The summed E-state index contributed by atoms with van der Waals surface area (Å²) in [4.78, 5) is 11.6. The van der Waals surface area contributed by atoms with Crippen LogP contribution >= 0.6 is 15.9 Å². The Kier molecular flexibility index (Phi) is 4.42. The molecule has 0 amide bonds. The molecule has 1 unspecified atom stereocenters. The predicted octanol–water partition coefficient (Wildman–Crippen LogP) is 3.40. The second kappa shape index (κ2) is 6.74. The summed E-state index contributed by atoms with van der Waals surface area (Å²) in [7, 11) is 4.05. The van der Waals surface area contributed by atoms with Gasteiger partial charge in [0.25, 0.3) is 0 Å². The van der Waals surface area contributed by atoms with E-state index in [1.54, 1.807) is 6.20 Å². The fourth-order valence-electron chi connectivity index (χ4n) is 3.19. The number of hydrogen-bond acceptors (Lipinski definition) is 5. The third-order valence-electron chi connectivity index (χ3n) is 4.28. The van der Waals surface area contributed by atoms with Crippen molar-refractivity contribution < 1.29 is 0 Å². The Hall–Kier alpha value is -2.38. The lowest BCUT2D eigenvalue weighted by atomic mass is 10.0. The van der Waals surface area contributed by atoms with E-state index in [4.69, 9.17) is 4.99 Å². The molecule has 7 heteroatoms. The first-order chi connectivity index (χ1) is 12.6. The number of hydrogen-bond donors (Lipinski definition) is 0. The number of para-hydroxylation sites is 1. The highest BCUT2D eigenvalue weighted by Gasteiger charge is 2.28. The molecule has 4 rings (SSSR count). The van der Waals surface area contributed by atoms with Crippen LogP contribution in [0, 0.1) is 0 Å². The van der Waals surface area contributed by atoms with Gasteiger partial charge in [0.2, 0.25) is 0 Å². The number of benzene rings is 1. The maximum atomic E-state index is 4.96. The third kappa shape index (κ3) is 2.87. The first-order valence-electron chi connectivity index (χ1n) is 8.43. The van der Waals surface area contributed by atoms with Gasteiger partial charge in [-0.3, -0.25) is 14.5 Å². The average Bonchev–Trinajstić information content (AvgIpc) is 2.97. The Morgan fingerprint density at radius 2 is 1.96 bits per heavy atom. The van der Waals surface area contributed by atoms with Crippen molar-refractivity contribution in [1.82, 2.24) is 24.6 Å². The highest BCUT2D eigenvalue weighted by molar-refractivity contribution is 9.10. The number of fused-ring (bicyclic) bond motifs is 3. The summed E-state index contributed by atoms with van der Waals surface area (Å²) in [6.45, 7) is 2.74. The molecular formula is C19H19BrN6. The lowest BCUT2D eigenvalue weighted by Crippen LogP contribution is -2.17. The van der Waals surface area contributed by atoms with E-state index in [1.165, 1.54) is 0 Å². The number of pyridine rings is 1. The van der Waals surface area contributed by atoms with Gasteiger partial charge < -0.3 is 4.90 Å². The highest BCUT2D eigenvalue weighted by atomic mass is 79.9. The number of halogens is 1. The highest BCUT2D eigenvalue weighted by Crippen LogP contribution is 2.34. The topological polar surface area (TPSA) is 59.2 Å². The molecule has 1 aliphatic rings. The Morgan fingerprint density at radius 1 is 1.12 bits per heavy atom. The van der Waals surface area contributed by atoms with Crippen LogP contribution in [0.5, 0.6) is 0 Å². The molecule has 0 saturated carbocycles. The predicted molar refractivity (Wildman–Crippen MR) is 105 cm³/mol. The minimum atomic E-state index is -0.130. The number of nitrogens with zero attached hydrogens (tertiary/aromatic N) is 6. The van der Waals surface area contributed by atoms with Crippen molar-refractivity contribution >= 4 is 21.6 Å². The molecule has 0 bridgehead atoms. The van der Waals surface area contributed by atoms with E-state index in [1.807, 2.05) is 51.4 Å². The Bertz CT molecular complexity index is 977. The van der Waals surface area contributed by atoms with Gasteiger partial charge in [-0.1, -0.05) is 18.2 Å². The zero-order valence-electron chi connectivity index (χ0n) is 14.9. The summed E-state index contributed by atoms with van der Waals surface area (Å²) in [5.74, 6) is 1.73. The van der Waals surface area contributed by atoms with Crippen molar-refractivity contribution in [1.29, 1.82) is 0 Å². The summed E-state index contributed by atoms with van der Waals surface area (Å²) in [6, 6.07) is 11.9. The fourth-order valence-corrected chi connectivity index (χ4v) is 3.73. The van der Waals surface area contributed by atoms with E-state index in [2.05, 4.69) is 46.6 Å². The van der Waals surface area contributed by atoms with Crippen LogP contribution in [-0.4, -0.2) is 44.5 Å². The Balaban J connectivity index is 2.01. The number of aliphatic imine (C=N–C) groups is 1. The van der Waals surface area contributed by atoms with Gasteiger partial charge in [-0.25, -0.2) is 0 Å². The molecule has 2 aromatic heterocycles. The molecule has 1 aliphatic heterocycles. The van der Waals surface area contributed by atoms with Gasteiger partial charge in [0, 0.05) is 16.2 Å². The third-order valence-corrected chi connectivity index (χ3v) is 4.92. The van der Waals surface area contributed by atoms with Crippen LogP contribution < -0.4 is 0 Å². The van der Waals surface area contributed by atoms with E-state index < -0.39 is 0 Å². The monoisotopic (exact) mass is 410 g/mol. The van der Waals surface area contributed by atoms with E-state index >= 15 is 0 Å². The van der Waals surface area contributed by atoms with Gasteiger partial charge in [0.1, 0.15) is 6.04 Å². The van der Waals surface area contributed by atoms with Gasteiger partial charge in [-0.05, 0) is 55.1 Å². The maximum absolute atomic E-state index is 4.96. The summed E-state index contributed by atoms with van der Waals surface area (Å²) in [5, 5.41) is 8.89. The van der Waals surface area contributed by atoms with Crippen molar-refractivity contribution in [3.63, 3.8) is 0 Å². The molecule has 0 aliphatic carbocycles. The lowest BCUT2D eigenvalue weighted by molar-refractivity contribution is 0.386. The van der Waals surface area contributed by atoms with Crippen molar-refractivity contribution in [3.8, 4) is 5.69 Å². The van der Waals surface area contributed by atoms with E-state index in [0.717, 1.165) is 38.8 Å². The maximum Gasteiger partial charge on any atom is 0.162 e. The summed E-state index contributed by atoms with van der Waals surface area (Å²) in [5.41, 5.74) is 3.75. The SMILES string of the molecule is CC1N=C(c2ccccn2)c2cccc(Br)c2-n2c(CN(C)C)nnc21. The Morgan fingerprint density at radius 3 is 2.69 bits per heavy atom. The number of rotatable bonds is 3. The summed E-state index contributed by atoms with van der Waals surface area (Å²) < 4.78 is 3.11. The van der Waals surface area contributed by atoms with Gasteiger partial charge in [0.15, 0.2) is 11.6 Å². The normalized spacial score (nSPS) is 16.0. The standard InChI is InChI=1S/C19H19BrN6/c1-12-19-24-23-16(11-25(2)3)26(19)18-13(7-6-8-14(18)20)17(22-12)15-9-4-5-10-21-15/h4-10,12H,11H2,1-3H3. The minimum absolute atomic E-state index is 0.130. The molecule has 0 spiro atoms. The minimum Gasteiger partial charge on any atom is -0.302 e. The van der Waals surface area contributed by atoms with Gasteiger partial charge in [-0.15, -0.1) is 10.2 Å². The summed E-state index contributed by atoms with van der Waals surface area (Å²) >= 11 is 3.73. The smallest absolute Gasteiger partial charge is 0.162 e. The van der Waals surface area contributed by atoms with Crippen LogP contribution in [0.1, 0.15) is 35.9 Å². The Labute approximate surface area is 160 Å². The average molecular weight is 411 g/mol. The molecular weight excluding hydrogens is 392 g/mol. The van der Waals surface area contributed by atoms with Crippen LogP contribution in [0.25, 0.3) is 5.69 Å². The fraction of sp³-hybridized carbons (Fsp3) is 0.263. The zero-order valence-corrected chi connectivity index (χ0v) is 16.5. The van der Waals surface area contributed by atoms with Crippen LogP contribution in [-0.2, 0) is 6.54 Å². The zero-order chi connectivity index (χ0) is 18.3. The molecule has 1 aromatic carbocycles. The molecule has 0 radical (unpaired) electrons. The van der Waals surface area contributed by atoms with Crippen LogP contribution in [0.4, 0.5) is 0 Å². The quantitative estimate of drug-likeness (QED) is 0.663.